The van der Waals surface area contributed by atoms with E-state index in [-0.39, 0.29) is 0 Å². The van der Waals surface area contributed by atoms with E-state index in [4.69, 9.17) is 5.73 Å². The molecule has 0 spiro atoms. The van der Waals surface area contributed by atoms with E-state index < -0.39 is 0 Å². The van der Waals surface area contributed by atoms with Crippen LogP contribution in [-0.4, -0.2) is 39.4 Å². The summed E-state index contributed by atoms with van der Waals surface area (Å²) >= 11 is 0. The van der Waals surface area contributed by atoms with E-state index >= 15 is 0 Å². The van der Waals surface area contributed by atoms with Gasteiger partial charge in [-0.1, -0.05) is 12.2 Å². The number of nitrogens with one attached hydrogen (secondary N) is 1. The summed E-state index contributed by atoms with van der Waals surface area (Å²) in [5, 5.41) is 7.71. The van der Waals surface area contributed by atoms with Gasteiger partial charge in [-0.15, -0.1) is 5.10 Å². The van der Waals surface area contributed by atoms with E-state index in [1.54, 1.807) is 11.0 Å². The van der Waals surface area contributed by atoms with Crippen molar-refractivity contribution in [3.8, 4) is 11.3 Å². The molecule has 2 unspecified atom stereocenters. The van der Waals surface area contributed by atoms with Crippen molar-refractivity contribution in [3.63, 3.8) is 0 Å². The Kier molecular flexibility index (Phi) is 3.26. The zero-order valence-electron chi connectivity index (χ0n) is 14.0. The maximum Gasteiger partial charge on any atom is 0.157 e. The summed E-state index contributed by atoms with van der Waals surface area (Å²) in [5.74, 6) is 3.73. The zero-order valence-corrected chi connectivity index (χ0v) is 14.0. The number of hydrogen-bond donors (Lipinski definition) is 2. The second-order valence-electron chi connectivity index (χ2n) is 6.91. The highest BCUT2D eigenvalue weighted by Gasteiger charge is 2.33. The van der Waals surface area contributed by atoms with Gasteiger partial charge in [-0.3, -0.25) is 0 Å². The second kappa shape index (κ2) is 5.61. The molecule has 128 valence electrons. The molecule has 25 heavy (non-hydrogen) atoms. The molecule has 2 aromatic heterocycles. The van der Waals surface area contributed by atoms with Crippen LogP contribution in [0.5, 0.6) is 0 Å². The molecule has 2 aliphatic heterocycles. The van der Waals surface area contributed by atoms with Gasteiger partial charge in [0, 0.05) is 31.9 Å². The van der Waals surface area contributed by atoms with Crippen LogP contribution >= 0.6 is 0 Å². The van der Waals surface area contributed by atoms with Gasteiger partial charge in [-0.25, -0.2) is 14.6 Å². The molecule has 1 fully saturated rings. The number of hydrogen-bond acceptors (Lipinski definition) is 6. The summed E-state index contributed by atoms with van der Waals surface area (Å²) in [6, 6.07) is 2.04. The standard InChI is InChI=1S/C18H21N7/c19-17-16(18-20-6-3-7-25(18)23-17)14-8-15(22-11-21-14)24-9-12-4-1-2-5-13(12)10-24/h1,3-4,7-8,11-13,20H,2,5-6,9-10H2,(H2,19,23). The van der Waals surface area contributed by atoms with Crippen molar-refractivity contribution in [1.82, 2.24) is 19.7 Å². The first kappa shape index (κ1) is 14.5. The summed E-state index contributed by atoms with van der Waals surface area (Å²) < 4.78 is 1.77. The Bertz CT molecular complexity index is 866. The van der Waals surface area contributed by atoms with E-state index in [1.807, 2.05) is 18.3 Å². The van der Waals surface area contributed by atoms with E-state index in [0.717, 1.165) is 48.4 Å². The molecule has 4 heterocycles. The predicted octanol–water partition coefficient (Wildman–Crippen LogP) is 2.22. The molecule has 0 aromatic carbocycles. The fourth-order valence-corrected chi connectivity index (χ4v) is 4.13. The average Bonchev–Trinajstić information content (AvgIpc) is 3.22. The Balaban J connectivity index is 1.49. The maximum absolute atomic E-state index is 6.16. The molecule has 7 nitrogen and oxygen atoms in total. The van der Waals surface area contributed by atoms with Crippen molar-refractivity contribution in [2.24, 2.45) is 11.8 Å². The number of aromatic nitrogens is 4. The van der Waals surface area contributed by atoms with Crippen LogP contribution in [0, 0.1) is 11.8 Å². The third-order valence-corrected chi connectivity index (χ3v) is 5.38. The summed E-state index contributed by atoms with van der Waals surface area (Å²) in [5.41, 5.74) is 7.83. The Morgan fingerprint density at radius 1 is 1.20 bits per heavy atom. The Labute approximate surface area is 146 Å². The summed E-state index contributed by atoms with van der Waals surface area (Å²) in [6.45, 7) is 2.85. The first-order valence-electron chi connectivity index (χ1n) is 8.82. The largest absolute Gasteiger partial charge is 0.382 e. The number of anilines is 3. The molecule has 0 bridgehead atoms. The fourth-order valence-electron chi connectivity index (χ4n) is 4.13. The average molecular weight is 335 g/mol. The highest BCUT2D eigenvalue weighted by molar-refractivity contribution is 5.85. The van der Waals surface area contributed by atoms with Gasteiger partial charge >= 0.3 is 0 Å². The van der Waals surface area contributed by atoms with Crippen molar-refractivity contribution >= 4 is 23.7 Å². The number of nitrogens with zero attached hydrogens (tertiary/aromatic N) is 5. The van der Waals surface area contributed by atoms with Crippen LogP contribution in [-0.2, 0) is 0 Å². The van der Waals surface area contributed by atoms with Gasteiger partial charge in [0.25, 0.3) is 0 Å². The van der Waals surface area contributed by atoms with E-state index in [1.165, 1.54) is 12.8 Å². The molecular formula is C18H21N7. The minimum atomic E-state index is 0.483. The fraction of sp³-hybridized carbons (Fsp3) is 0.389. The SMILES string of the molecule is Nc1nn2c(c1-c1cc(N3CC4C=CCCC4C3)ncn1)NCC=C2. The number of nitrogen functional groups attached to an aromatic ring is 1. The maximum atomic E-state index is 6.16. The smallest absolute Gasteiger partial charge is 0.157 e. The van der Waals surface area contributed by atoms with E-state index in [9.17, 15) is 0 Å². The second-order valence-corrected chi connectivity index (χ2v) is 6.91. The lowest BCUT2D eigenvalue weighted by molar-refractivity contribution is 0.443. The minimum absolute atomic E-state index is 0.483. The summed E-state index contributed by atoms with van der Waals surface area (Å²) in [4.78, 5) is 11.4. The topological polar surface area (TPSA) is 84.9 Å². The zero-order chi connectivity index (χ0) is 16.8. The molecule has 3 N–H and O–H groups in total. The van der Waals surface area contributed by atoms with Crippen LogP contribution in [0.3, 0.4) is 0 Å². The molecule has 0 radical (unpaired) electrons. The molecule has 2 aromatic rings. The van der Waals surface area contributed by atoms with Crippen LogP contribution in [0.2, 0.25) is 0 Å². The molecule has 7 heteroatoms. The van der Waals surface area contributed by atoms with E-state index in [2.05, 4.69) is 37.4 Å². The molecule has 1 aliphatic carbocycles. The van der Waals surface area contributed by atoms with Gasteiger partial charge < -0.3 is 16.0 Å². The molecule has 0 amide bonds. The van der Waals surface area contributed by atoms with Gasteiger partial charge in [0.2, 0.25) is 0 Å². The van der Waals surface area contributed by atoms with Crippen molar-refractivity contribution in [2.75, 3.05) is 35.6 Å². The van der Waals surface area contributed by atoms with Gasteiger partial charge in [-0.2, -0.15) is 0 Å². The minimum Gasteiger partial charge on any atom is -0.382 e. The number of rotatable bonds is 2. The Morgan fingerprint density at radius 3 is 3.08 bits per heavy atom. The van der Waals surface area contributed by atoms with Crippen LogP contribution < -0.4 is 16.0 Å². The van der Waals surface area contributed by atoms with Crippen LogP contribution in [0.1, 0.15) is 12.8 Å². The van der Waals surface area contributed by atoms with Gasteiger partial charge in [0.05, 0.1) is 11.3 Å². The number of nitrogens with two attached hydrogens (primary N) is 1. The summed E-state index contributed by atoms with van der Waals surface area (Å²) in [7, 11) is 0. The third kappa shape index (κ3) is 2.38. The van der Waals surface area contributed by atoms with Crippen molar-refractivity contribution in [2.45, 2.75) is 12.8 Å². The number of allylic oxidation sites excluding steroid dienone is 1. The third-order valence-electron chi connectivity index (χ3n) is 5.38. The normalized spacial score (nSPS) is 24.1. The molecule has 0 saturated carbocycles. The Morgan fingerprint density at radius 2 is 2.16 bits per heavy atom. The molecule has 3 aliphatic rings. The highest BCUT2D eigenvalue weighted by atomic mass is 15.3. The van der Waals surface area contributed by atoms with Crippen molar-refractivity contribution in [1.29, 1.82) is 0 Å². The Hall–Kier alpha value is -2.83. The van der Waals surface area contributed by atoms with Crippen molar-refractivity contribution < 1.29 is 0 Å². The quantitative estimate of drug-likeness (QED) is 0.819. The number of fused-ring (bicyclic) bond motifs is 2. The lowest BCUT2D eigenvalue weighted by atomic mass is 9.87. The van der Waals surface area contributed by atoms with Crippen LogP contribution in [0.15, 0.2) is 30.6 Å². The monoisotopic (exact) mass is 335 g/mol. The first-order chi connectivity index (χ1) is 12.3. The van der Waals surface area contributed by atoms with E-state index in [0.29, 0.717) is 11.7 Å². The lowest BCUT2D eigenvalue weighted by Crippen LogP contribution is -2.21. The first-order valence-corrected chi connectivity index (χ1v) is 8.82. The van der Waals surface area contributed by atoms with Crippen molar-refractivity contribution in [3.05, 3.63) is 30.6 Å². The molecule has 2 atom stereocenters. The van der Waals surface area contributed by atoms with Gasteiger partial charge in [0.1, 0.15) is 18.0 Å². The van der Waals surface area contributed by atoms with Gasteiger partial charge in [0.15, 0.2) is 5.82 Å². The van der Waals surface area contributed by atoms with Crippen LogP contribution in [0.4, 0.5) is 17.5 Å². The highest BCUT2D eigenvalue weighted by Crippen LogP contribution is 2.37. The summed E-state index contributed by atoms with van der Waals surface area (Å²) in [6.07, 6.45) is 12.7. The van der Waals surface area contributed by atoms with Crippen LogP contribution in [0.25, 0.3) is 17.5 Å². The molecule has 5 rings (SSSR count). The van der Waals surface area contributed by atoms with Gasteiger partial charge in [-0.05, 0) is 30.8 Å². The molecule has 1 saturated heterocycles. The lowest BCUT2D eigenvalue weighted by Gasteiger charge is -2.18. The predicted molar refractivity (Wildman–Crippen MR) is 99.1 cm³/mol. The molecular weight excluding hydrogens is 314 g/mol.